The number of benzene rings is 2. The molecule has 6 nitrogen and oxygen atoms in total. The van der Waals surface area contributed by atoms with Gasteiger partial charge in [-0.15, -0.1) is 0 Å². The molecule has 0 aliphatic rings. The second-order valence-electron chi connectivity index (χ2n) is 8.64. The van der Waals surface area contributed by atoms with Gasteiger partial charge in [-0.2, -0.15) is 0 Å². The first-order valence-corrected chi connectivity index (χ1v) is 11.5. The topological polar surface area (TPSA) is 85.4 Å². The molecule has 0 saturated carbocycles. The second-order valence-corrected chi connectivity index (χ2v) is 9.99. The minimum atomic E-state index is -2.86. The minimum absolute atomic E-state index is 0.420. The van der Waals surface area contributed by atoms with Gasteiger partial charge in [0, 0.05) is 10.9 Å². The molecule has 2 atom stereocenters. The zero-order valence-electron chi connectivity index (χ0n) is 18.7. The Morgan fingerprint density at radius 2 is 1.75 bits per heavy atom. The van der Waals surface area contributed by atoms with Crippen LogP contribution in [0, 0.1) is 5.82 Å². The highest BCUT2D eigenvalue weighted by molar-refractivity contribution is 7.72. The lowest BCUT2D eigenvalue weighted by Crippen LogP contribution is -2.34. The van der Waals surface area contributed by atoms with Crippen LogP contribution in [0.1, 0.15) is 57.2 Å². The van der Waals surface area contributed by atoms with Crippen LogP contribution in [-0.2, 0) is 15.4 Å². The van der Waals surface area contributed by atoms with E-state index in [9.17, 15) is 17.6 Å². The molecule has 1 N–H and O–H groups in total. The number of hydrogen-bond acceptors (Lipinski definition) is 5. The molecule has 8 heteroatoms. The SMILES string of the molecule is CC(NC(=O)OC(C)(C)C)c1nc2ccc(F)cc2c(C(C)[SH](=O)=O)c1-c1ccccc1. The molecule has 170 valence electrons. The molecule has 1 amide bonds. The number of aromatic nitrogens is 1. The van der Waals surface area contributed by atoms with Gasteiger partial charge in [-0.25, -0.2) is 22.6 Å². The zero-order chi connectivity index (χ0) is 23.6. The molecule has 1 aromatic heterocycles. The van der Waals surface area contributed by atoms with Gasteiger partial charge in [0.2, 0.25) is 0 Å². The van der Waals surface area contributed by atoms with Gasteiger partial charge in [0.15, 0.2) is 0 Å². The van der Waals surface area contributed by atoms with Gasteiger partial charge in [-0.3, -0.25) is 0 Å². The predicted molar refractivity (Wildman–Crippen MR) is 124 cm³/mol. The van der Waals surface area contributed by atoms with Crippen LogP contribution in [-0.4, -0.2) is 25.1 Å². The Morgan fingerprint density at radius 3 is 2.34 bits per heavy atom. The highest BCUT2D eigenvalue weighted by Gasteiger charge is 2.27. The summed E-state index contributed by atoms with van der Waals surface area (Å²) in [6.45, 7) is 8.60. The number of ether oxygens (including phenoxy) is 1. The van der Waals surface area contributed by atoms with Gasteiger partial charge in [0.1, 0.15) is 22.1 Å². The fourth-order valence-corrected chi connectivity index (χ4v) is 4.07. The molecule has 3 rings (SSSR count). The van der Waals surface area contributed by atoms with Gasteiger partial charge in [0.25, 0.3) is 0 Å². The molecule has 0 bridgehead atoms. The van der Waals surface area contributed by atoms with Crippen molar-refractivity contribution in [1.82, 2.24) is 10.3 Å². The highest BCUT2D eigenvalue weighted by Crippen LogP contribution is 2.39. The summed E-state index contributed by atoms with van der Waals surface area (Å²) in [5.41, 5.74) is 1.96. The van der Waals surface area contributed by atoms with E-state index in [-0.39, 0.29) is 0 Å². The Labute approximate surface area is 188 Å². The van der Waals surface area contributed by atoms with Crippen molar-refractivity contribution in [1.29, 1.82) is 0 Å². The summed E-state index contributed by atoms with van der Waals surface area (Å²) in [6.07, 6.45) is -0.616. The number of pyridine rings is 1. The first kappa shape index (κ1) is 23.7. The average Bonchev–Trinajstić information content (AvgIpc) is 2.70. The van der Waals surface area contributed by atoms with Gasteiger partial charge in [0.05, 0.1) is 22.5 Å². The largest absolute Gasteiger partial charge is 0.444 e. The van der Waals surface area contributed by atoms with Crippen LogP contribution >= 0.6 is 0 Å². The number of fused-ring (bicyclic) bond motifs is 1. The molecule has 1 heterocycles. The van der Waals surface area contributed by atoms with Crippen molar-refractivity contribution in [3.63, 3.8) is 0 Å². The standard InChI is InChI=1S/C24H27FN2O4S/c1-14(26-23(28)31-24(3,4)5)22-21(16-9-7-6-8-10-16)20(15(2)32(29)30)18-13-17(25)11-12-19(18)27-22/h6-15,32H,1-5H3,(H,26,28). The molecular formula is C24H27FN2O4S. The molecular weight excluding hydrogens is 431 g/mol. The van der Waals surface area contributed by atoms with E-state index in [4.69, 9.17) is 9.72 Å². The van der Waals surface area contributed by atoms with E-state index in [0.717, 1.165) is 5.56 Å². The van der Waals surface area contributed by atoms with Gasteiger partial charge < -0.3 is 10.1 Å². The number of alkyl carbamates (subject to hydrolysis) is 1. The summed E-state index contributed by atoms with van der Waals surface area (Å²) in [5.74, 6) is -0.486. The van der Waals surface area contributed by atoms with Crippen LogP contribution in [0.4, 0.5) is 9.18 Å². The van der Waals surface area contributed by atoms with Gasteiger partial charge in [-0.1, -0.05) is 30.3 Å². The Hall–Kier alpha value is -3.00. The Kier molecular flexibility index (Phi) is 6.83. The Morgan fingerprint density at radius 1 is 1.09 bits per heavy atom. The number of thiol groups is 1. The van der Waals surface area contributed by atoms with E-state index >= 15 is 0 Å². The maximum atomic E-state index is 14.2. The molecule has 0 aliphatic carbocycles. The smallest absolute Gasteiger partial charge is 0.408 e. The molecule has 2 unspecified atom stereocenters. The Balaban J connectivity index is 2.30. The predicted octanol–water partition coefficient (Wildman–Crippen LogP) is 5.30. The monoisotopic (exact) mass is 458 g/mol. The number of carbonyl (C=O) groups excluding carboxylic acids is 1. The number of amides is 1. The number of halogens is 1. The third-order valence-electron chi connectivity index (χ3n) is 4.96. The lowest BCUT2D eigenvalue weighted by atomic mass is 9.90. The summed E-state index contributed by atoms with van der Waals surface area (Å²) >= 11 is 0. The van der Waals surface area contributed by atoms with Crippen molar-refractivity contribution >= 4 is 27.7 Å². The lowest BCUT2D eigenvalue weighted by molar-refractivity contribution is 0.0507. The van der Waals surface area contributed by atoms with E-state index in [1.807, 2.05) is 30.3 Å². The van der Waals surface area contributed by atoms with Crippen molar-refractivity contribution in [3.8, 4) is 11.1 Å². The fraction of sp³-hybridized carbons (Fsp3) is 0.333. The number of nitrogens with zero attached hydrogens (tertiary/aromatic N) is 1. The molecule has 2 aromatic carbocycles. The maximum absolute atomic E-state index is 14.2. The molecule has 0 spiro atoms. The van der Waals surface area contributed by atoms with E-state index in [0.29, 0.717) is 27.7 Å². The van der Waals surface area contributed by atoms with Crippen LogP contribution in [0.5, 0.6) is 0 Å². The summed E-state index contributed by atoms with van der Waals surface area (Å²) in [5, 5.41) is 2.30. The quantitative estimate of drug-likeness (QED) is 0.507. The van der Waals surface area contributed by atoms with Crippen LogP contribution in [0.2, 0.25) is 0 Å². The molecule has 0 aliphatic heterocycles. The summed E-state index contributed by atoms with van der Waals surface area (Å²) in [7, 11) is -2.86. The molecule has 3 aromatic rings. The number of carbonyl (C=O) groups is 1. The summed E-state index contributed by atoms with van der Waals surface area (Å²) in [6, 6.07) is 12.6. The van der Waals surface area contributed by atoms with Gasteiger partial charge >= 0.3 is 6.09 Å². The number of nitrogens with one attached hydrogen (secondary N) is 1. The lowest BCUT2D eigenvalue weighted by Gasteiger charge is -2.25. The van der Waals surface area contributed by atoms with E-state index < -0.39 is 39.5 Å². The van der Waals surface area contributed by atoms with Crippen molar-refractivity contribution < 1.29 is 22.3 Å². The normalized spacial score (nSPS) is 13.7. The minimum Gasteiger partial charge on any atom is -0.444 e. The van der Waals surface area contributed by atoms with E-state index in [1.54, 1.807) is 34.6 Å². The van der Waals surface area contributed by atoms with Crippen molar-refractivity contribution in [2.45, 2.75) is 51.5 Å². The average molecular weight is 459 g/mol. The summed E-state index contributed by atoms with van der Waals surface area (Å²) in [4.78, 5) is 17.1. The zero-order valence-corrected chi connectivity index (χ0v) is 19.6. The van der Waals surface area contributed by atoms with Gasteiger partial charge in [-0.05, 0) is 63.9 Å². The van der Waals surface area contributed by atoms with Crippen LogP contribution in [0.15, 0.2) is 48.5 Å². The Bertz CT molecular complexity index is 1210. The van der Waals surface area contributed by atoms with Crippen molar-refractivity contribution in [2.75, 3.05) is 0 Å². The van der Waals surface area contributed by atoms with Crippen LogP contribution in [0.25, 0.3) is 22.0 Å². The van der Waals surface area contributed by atoms with E-state index in [1.165, 1.54) is 18.2 Å². The van der Waals surface area contributed by atoms with E-state index in [2.05, 4.69) is 5.32 Å². The first-order valence-electron chi connectivity index (χ1n) is 10.3. The van der Waals surface area contributed by atoms with Crippen LogP contribution < -0.4 is 5.32 Å². The molecule has 0 saturated heterocycles. The highest BCUT2D eigenvalue weighted by atomic mass is 32.2. The number of hydrogen-bond donors (Lipinski definition) is 2. The summed E-state index contributed by atoms with van der Waals surface area (Å²) < 4.78 is 43.6. The molecule has 32 heavy (non-hydrogen) atoms. The molecule has 0 radical (unpaired) electrons. The molecule has 0 fully saturated rings. The maximum Gasteiger partial charge on any atom is 0.408 e. The van der Waals surface area contributed by atoms with Crippen LogP contribution in [0.3, 0.4) is 0 Å². The van der Waals surface area contributed by atoms with Crippen molar-refractivity contribution in [2.24, 2.45) is 0 Å². The first-order chi connectivity index (χ1) is 15.0. The second kappa shape index (κ2) is 9.24. The fourth-order valence-electron chi connectivity index (χ4n) is 3.59. The third-order valence-corrected chi connectivity index (χ3v) is 5.85. The van der Waals surface area contributed by atoms with Crippen molar-refractivity contribution in [3.05, 3.63) is 65.6 Å². The third kappa shape index (κ3) is 5.24. The number of rotatable bonds is 5.